The lowest BCUT2D eigenvalue weighted by molar-refractivity contribution is 0.385. The van der Waals surface area contributed by atoms with Gasteiger partial charge in [0.05, 0.1) is 0 Å². The van der Waals surface area contributed by atoms with Gasteiger partial charge in [-0.25, -0.2) is 0 Å². The summed E-state index contributed by atoms with van der Waals surface area (Å²) in [5.41, 5.74) is 1.28. The Morgan fingerprint density at radius 2 is 1.52 bits per heavy atom. The number of allylic oxidation sites excluding steroid dienone is 1. The molecule has 2 aliphatic rings. The first-order valence-corrected chi connectivity index (χ1v) is 9.44. The van der Waals surface area contributed by atoms with Crippen LogP contribution < -0.4 is 10.6 Å². The van der Waals surface area contributed by atoms with Crippen LogP contribution in [0.1, 0.15) is 58.9 Å². The van der Waals surface area contributed by atoms with E-state index in [9.17, 15) is 0 Å². The zero-order valence-corrected chi connectivity index (χ0v) is 15.5. The Bertz CT molecular complexity index is 401. The summed E-state index contributed by atoms with van der Waals surface area (Å²) in [6.07, 6.45) is 9.86. The summed E-state index contributed by atoms with van der Waals surface area (Å²) in [6, 6.07) is 12.1. The molecule has 1 aliphatic carbocycles. The van der Waals surface area contributed by atoms with Crippen LogP contribution in [0.2, 0.25) is 0 Å². The minimum Gasteiger partial charge on any atom is -0.317 e. The van der Waals surface area contributed by atoms with E-state index in [1.54, 1.807) is 0 Å². The molecular weight excluding hydrogens is 280 g/mol. The molecule has 0 unspecified atom stereocenters. The van der Waals surface area contributed by atoms with Crippen molar-refractivity contribution in [2.45, 2.75) is 65.5 Å². The van der Waals surface area contributed by atoms with Crippen LogP contribution in [-0.2, 0) is 0 Å². The third-order valence-corrected chi connectivity index (χ3v) is 3.86. The molecule has 0 radical (unpaired) electrons. The van der Waals surface area contributed by atoms with Gasteiger partial charge in [-0.2, -0.15) is 0 Å². The Balaban J connectivity index is 0.000000208. The van der Waals surface area contributed by atoms with Gasteiger partial charge in [-0.15, -0.1) is 0 Å². The first-order chi connectivity index (χ1) is 11.2. The summed E-state index contributed by atoms with van der Waals surface area (Å²) in [5, 5.41) is 7.02. The van der Waals surface area contributed by atoms with Crippen molar-refractivity contribution in [2.24, 2.45) is 5.92 Å². The van der Waals surface area contributed by atoms with E-state index in [4.69, 9.17) is 0 Å². The Kier molecular flexibility index (Phi) is 10.7. The predicted octanol–water partition coefficient (Wildman–Crippen LogP) is 4.87. The molecule has 0 spiro atoms. The molecule has 0 bridgehead atoms. The molecular formula is C21H36N2. The highest BCUT2D eigenvalue weighted by atomic mass is 15.0. The Labute approximate surface area is 143 Å². The fourth-order valence-corrected chi connectivity index (χ4v) is 2.44. The SMILES string of the molecule is C1CC(NC2CC2)CCN1.CC.CC(C)/C=C\c1ccccc1. The highest BCUT2D eigenvalue weighted by Gasteiger charge is 2.24. The van der Waals surface area contributed by atoms with Crippen LogP contribution in [0.25, 0.3) is 6.08 Å². The Hall–Kier alpha value is -1.12. The van der Waals surface area contributed by atoms with E-state index in [1.165, 1.54) is 44.3 Å². The minimum atomic E-state index is 0.634. The normalized spacial score (nSPS) is 18.1. The van der Waals surface area contributed by atoms with Crippen LogP contribution in [0.5, 0.6) is 0 Å². The summed E-state index contributed by atoms with van der Waals surface area (Å²) in [7, 11) is 0. The molecule has 2 fully saturated rings. The number of rotatable bonds is 4. The summed E-state index contributed by atoms with van der Waals surface area (Å²) < 4.78 is 0. The van der Waals surface area contributed by atoms with Crippen LogP contribution in [-0.4, -0.2) is 25.2 Å². The number of benzene rings is 1. The smallest absolute Gasteiger partial charge is 0.00938 e. The maximum Gasteiger partial charge on any atom is 0.00938 e. The molecule has 0 atom stereocenters. The van der Waals surface area contributed by atoms with Gasteiger partial charge in [-0.1, -0.05) is 70.2 Å². The van der Waals surface area contributed by atoms with E-state index in [0.717, 1.165) is 12.1 Å². The van der Waals surface area contributed by atoms with E-state index >= 15 is 0 Å². The Morgan fingerprint density at radius 3 is 2.04 bits per heavy atom. The molecule has 0 amide bonds. The first kappa shape index (κ1) is 19.9. The second-order valence-electron chi connectivity index (χ2n) is 6.48. The number of hydrogen-bond donors (Lipinski definition) is 2. The van der Waals surface area contributed by atoms with Crippen LogP contribution in [0, 0.1) is 5.92 Å². The first-order valence-electron chi connectivity index (χ1n) is 9.44. The van der Waals surface area contributed by atoms with Gasteiger partial charge >= 0.3 is 0 Å². The number of piperidine rings is 1. The van der Waals surface area contributed by atoms with Crippen molar-refractivity contribution >= 4 is 6.08 Å². The highest BCUT2D eigenvalue weighted by Crippen LogP contribution is 2.20. The maximum absolute atomic E-state index is 3.65. The summed E-state index contributed by atoms with van der Waals surface area (Å²) in [4.78, 5) is 0. The van der Waals surface area contributed by atoms with Gasteiger partial charge in [0.1, 0.15) is 0 Å². The lowest BCUT2D eigenvalue weighted by Crippen LogP contribution is -2.40. The molecule has 2 N–H and O–H groups in total. The van der Waals surface area contributed by atoms with Gasteiger partial charge in [0, 0.05) is 12.1 Å². The van der Waals surface area contributed by atoms with Crippen molar-refractivity contribution in [2.75, 3.05) is 13.1 Å². The average Bonchev–Trinajstić information content (AvgIpc) is 3.41. The van der Waals surface area contributed by atoms with Crippen molar-refractivity contribution in [1.82, 2.24) is 10.6 Å². The molecule has 2 heteroatoms. The van der Waals surface area contributed by atoms with Gasteiger partial charge in [0.15, 0.2) is 0 Å². The molecule has 23 heavy (non-hydrogen) atoms. The summed E-state index contributed by atoms with van der Waals surface area (Å²) in [5.74, 6) is 0.634. The quantitative estimate of drug-likeness (QED) is 0.828. The topological polar surface area (TPSA) is 24.1 Å². The molecule has 0 aromatic heterocycles. The third-order valence-electron chi connectivity index (χ3n) is 3.86. The van der Waals surface area contributed by atoms with Crippen LogP contribution in [0.3, 0.4) is 0 Å². The van der Waals surface area contributed by atoms with Gasteiger partial charge in [0.25, 0.3) is 0 Å². The standard InChI is InChI=1S/C11H14.C8H16N2.C2H6/c1-10(2)8-9-11-6-4-3-5-7-11;1-2-7(1)10-8-3-5-9-6-4-8;1-2/h3-10H,1-2H3;7-10H,1-6H2;1-2H3/b9-8-;;. The van der Waals surface area contributed by atoms with Crippen molar-refractivity contribution in [3.05, 3.63) is 42.0 Å². The average molecular weight is 317 g/mol. The van der Waals surface area contributed by atoms with Gasteiger partial charge in [0.2, 0.25) is 0 Å². The lowest BCUT2D eigenvalue weighted by atomic mass is 10.1. The van der Waals surface area contributed by atoms with E-state index in [1.807, 2.05) is 19.9 Å². The zero-order chi connectivity index (χ0) is 16.9. The lowest BCUT2D eigenvalue weighted by Gasteiger charge is -2.23. The minimum absolute atomic E-state index is 0.634. The van der Waals surface area contributed by atoms with Crippen LogP contribution >= 0.6 is 0 Å². The maximum atomic E-state index is 3.65. The second-order valence-corrected chi connectivity index (χ2v) is 6.48. The summed E-state index contributed by atoms with van der Waals surface area (Å²) >= 11 is 0. The van der Waals surface area contributed by atoms with Gasteiger partial charge in [-0.3, -0.25) is 0 Å². The molecule has 1 saturated carbocycles. The van der Waals surface area contributed by atoms with E-state index in [-0.39, 0.29) is 0 Å². The zero-order valence-electron chi connectivity index (χ0n) is 15.5. The van der Waals surface area contributed by atoms with Crippen molar-refractivity contribution in [3.63, 3.8) is 0 Å². The van der Waals surface area contributed by atoms with E-state index < -0.39 is 0 Å². The molecule has 2 nitrogen and oxygen atoms in total. The molecule has 1 aliphatic heterocycles. The predicted molar refractivity (Wildman–Crippen MR) is 104 cm³/mol. The van der Waals surface area contributed by atoms with Crippen molar-refractivity contribution in [3.8, 4) is 0 Å². The van der Waals surface area contributed by atoms with Crippen LogP contribution in [0.15, 0.2) is 36.4 Å². The molecule has 1 aromatic rings. The third kappa shape index (κ3) is 10.3. The van der Waals surface area contributed by atoms with Crippen molar-refractivity contribution in [1.29, 1.82) is 0 Å². The largest absolute Gasteiger partial charge is 0.317 e. The monoisotopic (exact) mass is 316 g/mol. The van der Waals surface area contributed by atoms with Gasteiger partial charge < -0.3 is 10.6 Å². The summed E-state index contributed by atoms with van der Waals surface area (Å²) in [6.45, 7) is 10.8. The molecule has 3 rings (SSSR count). The fourth-order valence-electron chi connectivity index (χ4n) is 2.44. The van der Waals surface area contributed by atoms with Gasteiger partial charge in [-0.05, 0) is 50.3 Å². The highest BCUT2D eigenvalue weighted by molar-refractivity contribution is 5.48. The van der Waals surface area contributed by atoms with Crippen LogP contribution in [0.4, 0.5) is 0 Å². The van der Waals surface area contributed by atoms with E-state index in [0.29, 0.717) is 5.92 Å². The second kappa shape index (κ2) is 12.3. The molecule has 1 aromatic carbocycles. The fraction of sp³-hybridized carbons (Fsp3) is 0.619. The Morgan fingerprint density at radius 1 is 0.957 bits per heavy atom. The number of nitrogens with one attached hydrogen (secondary N) is 2. The molecule has 1 saturated heterocycles. The van der Waals surface area contributed by atoms with Crippen molar-refractivity contribution < 1.29 is 0 Å². The number of hydrogen-bond acceptors (Lipinski definition) is 2. The van der Waals surface area contributed by atoms with E-state index in [2.05, 4.69) is 60.9 Å². The molecule has 1 heterocycles. The molecule has 130 valence electrons.